The fourth-order valence-corrected chi connectivity index (χ4v) is 1.91. The van der Waals surface area contributed by atoms with E-state index in [1.54, 1.807) is 0 Å². The highest BCUT2D eigenvalue weighted by molar-refractivity contribution is 5.30. The zero-order valence-electron chi connectivity index (χ0n) is 11.5. The molecule has 17 heavy (non-hydrogen) atoms. The van der Waals surface area contributed by atoms with Crippen molar-refractivity contribution in [1.29, 1.82) is 0 Å². The first-order valence-corrected chi connectivity index (χ1v) is 6.71. The number of hydrogen-bond acceptors (Lipinski definition) is 2. The van der Waals surface area contributed by atoms with Gasteiger partial charge in [0, 0.05) is 6.54 Å². The maximum Gasteiger partial charge on any atom is 0.0208 e. The van der Waals surface area contributed by atoms with E-state index in [2.05, 4.69) is 49.6 Å². The van der Waals surface area contributed by atoms with E-state index in [9.17, 15) is 0 Å². The predicted octanol–water partition coefficient (Wildman–Crippen LogP) is 2.78. The van der Waals surface area contributed by atoms with E-state index in [4.69, 9.17) is 0 Å². The number of nitrogens with one attached hydrogen (secondary N) is 2. The molecule has 2 nitrogen and oxygen atoms in total. The van der Waals surface area contributed by atoms with Crippen LogP contribution >= 0.6 is 0 Å². The van der Waals surface area contributed by atoms with Crippen LogP contribution in [0.3, 0.4) is 0 Å². The summed E-state index contributed by atoms with van der Waals surface area (Å²) in [5, 5.41) is 6.91. The highest BCUT2D eigenvalue weighted by Gasteiger charge is 1.97. The first kappa shape index (κ1) is 14.2. The summed E-state index contributed by atoms with van der Waals surface area (Å²) in [5.41, 5.74) is 4.15. The molecule has 0 spiro atoms. The van der Waals surface area contributed by atoms with Crippen LogP contribution in [0.1, 0.15) is 36.5 Å². The average Bonchev–Trinajstić information content (AvgIpc) is 2.30. The molecule has 2 N–H and O–H groups in total. The Morgan fingerprint density at radius 1 is 1.00 bits per heavy atom. The quantitative estimate of drug-likeness (QED) is 0.676. The zero-order chi connectivity index (χ0) is 12.5. The van der Waals surface area contributed by atoms with Crippen LogP contribution in [-0.4, -0.2) is 19.6 Å². The smallest absolute Gasteiger partial charge is 0.0208 e. The molecule has 0 aromatic heterocycles. The minimum Gasteiger partial charge on any atom is -0.317 e. The van der Waals surface area contributed by atoms with E-state index in [1.165, 1.54) is 29.5 Å². The lowest BCUT2D eigenvalue weighted by Gasteiger charge is -2.09. The molecule has 0 atom stereocenters. The second kappa shape index (κ2) is 8.26. The van der Waals surface area contributed by atoms with Crippen LogP contribution in [0.4, 0.5) is 0 Å². The Morgan fingerprint density at radius 3 is 2.47 bits per heavy atom. The largest absolute Gasteiger partial charge is 0.317 e. The number of aryl methyl sites for hydroxylation is 2. The van der Waals surface area contributed by atoms with Crippen LogP contribution in [0.15, 0.2) is 18.2 Å². The van der Waals surface area contributed by atoms with Gasteiger partial charge in [-0.2, -0.15) is 0 Å². The second-order valence-corrected chi connectivity index (χ2v) is 4.71. The summed E-state index contributed by atoms with van der Waals surface area (Å²) in [6, 6.07) is 6.67. The Morgan fingerprint density at radius 2 is 1.76 bits per heavy atom. The topological polar surface area (TPSA) is 24.1 Å². The normalized spacial score (nSPS) is 10.8. The molecular weight excluding hydrogens is 208 g/mol. The summed E-state index contributed by atoms with van der Waals surface area (Å²) in [5.74, 6) is 0. The summed E-state index contributed by atoms with van der Waals surface area (Å²) in [6.07, 6.45) is 2.42. The third-order valence-electron chi connectivity index (χ3n) is 2.95. The summed E-state index contributed by atoms with van der Waals surface area (Å²) in [7, 11) is 0. The van der Waals surface area contributed by atoms with Crippen molar-refractivity contribution in [2.24, 2.45) is 0 Å². The van der Waals surface area contributed by atoms with E-state index >= 15 is 0 Å². The van der Waals surface area contributed by atoms with Crippen molar-refractivity contribution in [3.8, 4) is 0 Å². The van der Waals surface area contributed by atoms with Gasteiger partial charge in [-0.1, -0.05) is 30.7 Å². The van der Waals surface area contributed by atoms with E-state index in [0.29, 0.717) is 0 Å². The Bertz CT molecular complexity index is 321. The molecule has 1 rings (SSSR count). The van der Waals surface area contributed by atoms with E-state index in [0.717, 1.165) is 26.2 Å². The lowest BCUT2D eigenvalue weighted by molar-refractivity contribution is 0.591. The Balaban J connectivity index is 2.14. The van der Waals surface area contributed by atoms with Crippen LogP contribution in [-0.2, 0) is 6.54 Å². The molecule has 1 aromatic rings. The van der Waals surface area contributed by atoms with Crippen LogP contribution in [0.25, 0.3) is 0 Å². The van der Waals surface area contributed by atoms with Gasteiger partial charge in [-0.25, -0.2) is 0 Å². The molecule has 1 aromatic carbocycles. The van der Waals surface area contributed by atoms with Crippen LogP contribution in [0.2, 0.25) is 0 Å². The monoisotopic (exact) mass is 234 g/mol. The van der Waals surface area contributed by atoms with Crippen LogP contribution in [0, 0.1) is 13.8 Å². The zero-order valence-corrected chi connectivity index (χ0v) is 11.5. The molecule has 0 saturated carbocycles. The number of benzene rings is 1. The van der Waals surface area contributed by atoms with Gasteiger partial charge < -0.3 is 10.6 Å². The Labute approximate surface area is 106 Å². The molecule has 0 aliphatic rings. The summed E-state index contributed by atoms with van der Waals surface area (Å²) in [4.78, 5) is 0. The first-order valence-electron chi connectivity index (χ1n) is 6.71. The fourth-order valence-electron chi connectivity index (χ4n) is 1.91. The number of rotatable bonds is 8. The molecular formula is C15H26N2. The summed E-state index contributed by atoms with van der Waals surface area (Å²) < 4.78 is 0. The minimum absolute atomic E-state index is 0.986. The molecule has 0 aliphatic heterocycles. The molecule has 0 amide bonds. The molecule has 0 bridgehead atoms. The molecule has 0 saturated heterocycles. The lowest BCUT2D eigenvalue weighted by Crippen LogP contribution is -2.22. The maximum absolute atomic E-state index is 3.50. The highest BCUT2D eigenvalue weighted by atomic mass is 14.9. The van der Waals surface area contributed by atoms with Gasteiger partial charge in [-0.3, -0.25) is 0 Å². The van der Waals surface area contributed by atoms with Gasteiger partial charge in [0.25, 0.3) is 0 Å². The SMILES string of the molecule is CCCNCCCNCc1ccc(C)cc1C. The van der Waals surface area contributed by atoms with Gasteiger partial charge in [0.15, 0.2) is 0 Å². The molecule has 2 heteroatoms. The lowest BCUT2D eigenvalue weighted by atomic mass is 10.1. The van der Waals surface area contributed by atoms with Gasteiger partial charge in [0.2, 0.25) is 0 Å². The highest BCUT2D eigenvalue weighted by Crippen LogP contribution is 2.09. The Kier molecular flexibility index (Phi) is 6.90. The van der Waals surface area contributed by atoms with Crippen molar-refractivity contribution in [3.05, 3.63) is 34.9 Å². The first-order chi connectivity index (χ1) is 8.24. The molecule has 0 radical (unpaired) electrons. The van der Waals surface area contributed by atoms with Crippen LogP contribution in [0.5, 0.6) is 0 Å². The standard InChI is InChI=1S/C15H26N2/c1-4-8-16-9-5-10-17-12-15-7-6-13(2)11-14(15)3/h6-7,11,16-17H,4-5,8-10,12H2,1-3H3. The van der Waals surface area contributed by atoms with Crippen molar-refractivity contribution < 1.29 is 0 Å². The molecule has 0 fully saturated rings. The van der Waals surface area contributed by atoms with Crippen molar-refractivity contribution in [3.63, 3.8) is 0 Å². The van der Waals surface area contributed by atoms with Crippen molar-refractivity contribution >= 4 is 0 Å². The van der Waals surface area contributed by atoms with Crippen molar-refractivity contribution in [2.75, 3.05) is 19.6 Å². The second-order valence-electron chi connectivity index (χ2n) is 4.71. The molecule has 0 aliphatic carbocycles. The maximum atomic E-state index is 3.50. The van der Waals surface area contributed by atoms with Crippen molar-refractivity contribution in [1.82, 2.24) is 10.6 Å². The third kappa shape index (κ3) is 5.85. The van der Waals surface area contributed by atoms with Gasteiger partial charge >= 0.3 is 0 Å². The van der Waals surface area contributed by atoms with Crippen molar-refractivity contribution in [2.45, 2.75) is 40.2 Å². The van der Waals surface area contributed by atoms with Gasteiger partial charge in [-0.05, 0) is 57.5 Å². The third-order valence-corrected chi connectivity index (χ3v) is 2.95. The van der Waals surface area contributed by atoms with E-state index in [-0.39, 0.29) is 0 Å². The van der Waals surface area contributed by atoms with Gasteiger partial charge in [0.05, 0.1) is 0 Å². The average molecular weight is 234 g/mol. The summed E-state index contributed by atoms with van der Waals surface area (Å²) >= 11 is 0. The van der Waals surface area contributed by atoms with E-state index < -0.39 is 0 Å². The Hall–Kier alpha value is -0.860. The molecule has 0 unspecified atom stereocenters. The molecule has 0 heterocycles. The summed E-state index contributed by atoms with van der Waals surface area (Å²) in [6.45, 7) is 10.9. The van der Waals surface area contributed by atoms with Crippen LogP contribution < -0.4 is 10.6 Å². The number of hydrogen-bond donors (Lipinski definition) is 2. The van der Waals surface area contributed by atoms with Gasteiger partial charge in [0.1, 0.15) is 0 Å². The predicted molar refractivity (Wildman–Crippen MR) is 75.4 cm³/mol. The van der Waals surface area contributed by atoms with E-state index in [1.807, 2.05) is 0 Å². The molecule has 96 valence electrons. The minimum atomic E-state index is 0.986. The van der Waals surface area contributed by atoms with Gasteiger partial charge in [-0.15, -0.1) is 0 Å². The fraction of sp³-hybridized carbons (Fsp3) is 0.600.